The monoisotopic (exact) mass is 333 g/mol. The van der Waals surface area contributed by atoms with Crippen molar-refractivity contribution < 1.29 is 9.21 Å². The van der Waals surface area contributed by atoms with Gasteiger partial charge in [-0.15, -0.1) is 11.3 Å². The van der Waals surface area contributed by atoms with Crippen molar-refractivity contribution in [3.8, 4) is 11.3 Å². The lowest BCUT2D eigenvalue weighted by molar-refractivity contribution is 0.251. The van der Waals surface area contributed by atoms with E-state index in [9.17, 15) is 4.79 Å². The fourth-order valence-electron chi connectivity index (χ4n) is 1.84. The predicted octanol–water partition coefficient (Wildman–Crippen LogP) is 4.38. The summed E-state index contributed by atoms with van der Waals surface area (Å²) < 4.78 is 5.70. The molecule has 1 aromatic carbocycles. The summed E-state index contributed by atoms with van der Waals surface area (Å²) in [5.41, 5.74) is 0.933. The van der Waals surface area contributed by atoms with E-state index in [1.54, 1.807) is 23.7 Å². The summed E-state index contributed by atoms with van der Waals surface area (Å²) in [6.07, 6.45) is 1.63. The molecule has 0 aliphatic heterocycles. The van der Waals surface area contributed by atoms with Crippen LogP contribution >= 0.6 is 22.9 Å². The van der Waals surface area contributed by atoms with Crippen LogP contribution in [0.2, 0.25) is 5.02 Å². The standard InChI is InChI=1S/C15H12ClN3O2S/c16-11-3-1-10(2-4-11)13-6-5-12(21-13)9-18-14(20)19-15-17-7-8-22-15/h1-8H,9H2,(H2,17,18,19,20). The summed E-state index contributed by atoms with van der Waals surface area (Å²) in [5, 5.41) is 8.37. The lowest BCUT2D eigenvalue weighted by Gasteiger charge is -2.03. The summed E-state index contributed by atoms with van der Waals surface area (Å²) in [7, 11) is 0. The second kappa shape index (κ2) is 6.64. The number of urea groups is 1. The minimum atomic E-state index is -0.320. The minimum Gasteiger partial charge on any atom is -0.459 e. The van der Waals surface area contributed by atoms with Crippen molar-refractivity contribution in [2.24, 2.45) is 0 Å². The molecule has 0 saturated carbocycles. The minimum absolute atomic E-state index is 0.296. The number of rotatable bonds is 4. The smallest absolute Gasteiger partial charge is 0.321 e. The number of carbonyl (C=O) groups is 1. The number of benzene rings is 1. The van der Waals surface area contributed by atoms with E-state index in [4.69, 9.17) is 16.0 Å². The number of nitrogens with zero attached hydrogens (tertiary/aromatic N) is 1. The molecule has 0 radical (unpaired) electrons. The molecule has 0 unspecified atom stereocenters. The van der Waals surface area contributed by atoms with Crippen LogP contribution in [0, 0.1) is 0 Å². The summed E-state index contributed by atoms with van der Waals surface area (Å²) in [6, 6.07) is 10.7. The van der Waals surface area contributed by atoms with Gasteiger partial charge in [0.15, 0.2) is 5.13 Å². The van der Waals surface area contributed by atoms with Crippen LogP contribution in [0.25, 0.3) is 11.3 Å². The highest BCUT2D eigenvalue weighted by molar-refractivity contribution is 7.13. The Morgan fingerprint density at radius 3 is 2.77 bits per heavy atom. The van der Waals surface area contributed by atoms with Gasteiger partial charge >= 0.3 is 6.03 Å². The van der Waals surface area contributed by atoms with Gasteiger partial charge in [-0.1, -0.05) is 11.6 Å². The molecule has 112 valence electrons. The second-order valence-electron chi connectivity index (χ2n) is 4.42. The quantitative estimate of drug-likeness (QED) is 0.744. The molecule has 0 fully saturated rings. The first kappa shape index (κ1) is 14.6. The van der Waals surface area contributed by atoms with E-state index in [2.05, 4.69) is 15.6 Å². The number of amides is 2. The Morgan fingerprint density at radius 2 is 2.05 bits per heavy atom. The Balaban J connectivity index is 1.57. The van der Waals surface area contributed by atoms with Crippen LogP contribution in [0.4, 0.5) is 9.93 Å². The predicted molar refractivity (Wildman–Crippen MR) is 87.1 cm³/mol. The Kier molecular flexibility index (Phi) is 4.41. The molecular weight excluding hydrogens is 322 g/mol. The topological polar surface area (TPSA) is 67.2 Å². The second-order valence-corrected chi connectivity index (χ2v) is 5.75. The molecule has 0 saturated heterocycles. The van der Waals surface area contributed by atoms with E-state index in [0.29, 0.717) is 22.5 Å². The number of thiazole rings is 1. The van der Waals surface area contributed by atoms with Crippen LogP contribution < -0.4 is 10.6 Å². The molecule has 2 N–H and O–H groups in total. The van der Waals surface area contributed by atoms with Crippen LogP contribution in [-0.2, 0) is 6.54 Å². The lowest BCUT2D eigenvalue weighted by atomic mass is 10.2. The SMILES string of the molecule is O=C(NCc1ccc(-c2ccc(Cl)cc2)o1)Nc1nccs1. The highest BCUT2D eigenvalue weighted by Crippen LogP contribution is 2.23. The van der Waals surface area contributed by atoms with Gasteiger partial charge < -0.3 is 9.73 Å². The van der Waals surface area contributed by atoms with Gasteiger partial charge in [0.1, 0.15) is 11.5 Å². The molecule has 3 rings (SSSR count). The van der Waals surface area contributed by atoms with Crippen LogP contribution in [0.1, 0.15) is 5.76 Å². The molecule has 0 aliphatic carbocycles. The fraction of sp³-hybridized carbons (Fsp3) is 0.0667. The van der Waals surface area contributed by atoms with Crippen LogP contribution in [0.15, 0.2) is 52.4 Å². The molecule has 2 heterocycles. The number of aromatic nitrogens is 1. The Hall–Kier alpha value is -2.31. The Labute approximate surface area is 135 Å². The van der Waals surface area contributed by atoms with Crippen molar-refractivity contribution in [1.29, 1.82) is 0 Å². The van der Waals surface area contributed by atoms with E-state index in [0.717, 1.165) is 11.3 Å². The van der Waals surface area contributed by atoms with Gasteiger partial charge in [0, 0.05) is 22.2 Å². The van der Waals surface area contributed by atoms with Crippen LogP contribution in [0.5, 0.6) is 0 Å². The number of nitrogens with one attached hydrogen (secondary N) is 2. The maximum Gasteiger partial charge on any atom is 0.321 e. The molecule has 5 nitrogen and oxygen atoms in total. The number of hydrogen-bond acceptors (Lipinski definition) is 4. The highest BCUT2D eigenvalue weighted by Gasteiger charge is 2.07. The zero-order valence-corrected chi connectivity index (χ0v) is 12.9. The third kappa shape index (κ3) is 3.66. The summed E-state index contributed by atoms with van der Waals surface area (Å²) >= 11 is 7.22. The van der Waals surface area contributed by atoms with E-state index < -0.39 is 0 Å². The van der Waals surface area contributed by atoms with Crippen LogP contribution in [0.3, 0.4) is 0 Å². The number of hydrogen-bond donors (Lipinski definition) is 2. The molecule has 22 heavy (non-hydrogen) atoms. The van der Waals surface area contributed by atoms with Gasteiger partial charge in [-0.25, -0.2) is 9.78 Å². The molecule has 2 amide bonds. The molecule has 0 spiro atoms. The zero-order valence-electron chi connectivity index (χ0n) is 11.4. The molecular formula is C15H12ClN3O2S. The van der Waals surface area contributed by atoms with Gasteiger partial charge in [0.05, 0.1) is 6.54 Å². The van der Waals surface area contributed by atoms with Crippen molar-refractivity contribution in [1.82, 2.24) is 10.3 Å². The number of halogens is 1. The summed E-state index contributed by atoms with van der Waals surface area (Å²) in [6.45, 7) is 0.296. The molecule has 7 heteroatoms. The van der Waals surface area contributed by atoms with Crippen molar-refractivity contribution in [2.75, 3.05) is 5.32 Å². The Bertz CT molecular complexity index is 753. The fourth-order valence-corrected chi connectivity index (χ4v) is 2.49. The van der Waals surface area contributed by atoms with E-state index >= 15 is 0 Å². The van der Waals surface area contributed by atoms with Gasteiger partial charge in [0.2, 0.25) is 0 Å². The maximum absolute atomic E-state index is 11.7. The average molecular weight is 334 g/mol. The Morgan fingerprint density at radius 1 is 1.23 bits per heavy atom. The first-order valence-corrected chi connectivity index (χ1v) is 7.75. The van der Waals surface area contributed by atoms with Gasteiger partial charge in [0.25, 0.3) is 0 Å². The number of anilines is 1. The van der Waals surface area contributed by atoms with Gasteiger partial charge in [-0.3, -0.25) is 5.32 Å². The highest BCUT2D eigenvalue weighted by atomic mass is 35.5. The summed E-state index contributed by atoms with van der Waals surface area (Å²) in [5.74, 6) is 1.40. The molecule has 3 aromatic rings. The number of carbonyl (C=O) groups excluding carboxylic acids is 1. The molecule has 0 aliphatic rings. The first-order chi connectivity index (χ1) is 10.7. The number of furan rings is 1. The van der Waals surface area contributed by atoms with Crippen molar-refractivity contribution in [3.05, 3.63) is 58.8 Å². The zero-order chi connectivity index (χ0) is 15.4. The molecule has 0 bridgehead atoms. The molecule has 2 aromatic heterocycles. The maximum atomic E-state index is 11.7. The van der Waals surface area contributed by atoms with Crippen molar-refractivity contribution in [3.63, 3.8) is 0 Å². The van der Waals surface area contributed by atoms with E-state index in [-0.39, 0.29) is 6.03 Å². The van der Waals surface area contributed by atoms with E-state index in [1.165, 1.54) is 11.3 Å². The van der Waals surface area contributed by atoms with E-state index in [1.807, 2.05) is 24.3 Å². The lowest BCUT2D eigenvalue weighted by Crippen LogP contribution is -2.27. The van der Waals surface area contributed by atoms with Crippen molar-refractivity contribution in [2.45, 2.75) is 6.54 Å². The molecule has 0 atom stereocenters. The van der Waals surface area contributed by atoms with Gasteiger partial charge in [-0.05, 0) is 36.4 Å². The van der Waals surface area contributed by atoms with Crippen LogP contribution in [-0.4, -0.2) is 11.0 Å². The average Bonchev–Trinajstić information content (AvgIpc) is 3.17. The first-order valence-electron chi connectivity index (χ1n) is 6.50. The van der Waals surface area contributed by atoms with Crippen molar-refractivity contribution >= 4 is 34.1 Å². The third-order valence-corrected chi connectivity index (χ3v) is 3.81. The van der Waals surface area contributed by atoms with Gasteiger partial charge in [-0.2, -0.15) is 0 Å². The third-order valence-electron chi connectivity index (χ3n) is 2.87. The normalized spacial score (nSPS) is 10.4. The largest absolute Gasteiger partial charge is 0.459 e. The summed E-state index contributed by atoms with van der Waals surface area (Å²) in [4.78, 5) is 15.7.